The molecule has 8 nitrogen and oxygen atoms in total. The van der Waals surface area contributed by atoms with Crippen molar-refractivity contribution >= 4 is 16.7 Å². The second kappa shape index (κ2) is 7.80. The molecule has 0 radical (unpaired) electrons. The fraction of sp³-hybridized carbons (Fsp3) is 0.450. The quantitative estimate of drug-likeness (QED) is 0.671. The molecule has 2 heterocycles. The smallest absolute Gasteiger partial charge is 0.273 e. The SMILES string of the molecule is C[C@H]1C[C@@H](NC(=O)c2cc(C3CC3)on2)CCN1S(O)(O)c1cccc(C#N)c1.[HH]. The minimum atomic E-state index is -3.20. The molecule has 1 saturated carbocycles. The highest BCUT2D eigenvalue weighted by Gasteiger charge is 2.36. The summed E-state index contributed by atoms with van der Waals surface area (Å²) in [6.45, 7) is 2.32. The lowest BCUT2D eigenvalue weighted by molar-refractivity contribution is 0.0903. The van der Waals surface area contributed by atoms with Crippen LogP contribution < -0.4 is 5.32 Å². The van der Waals surface area contributed by atoms with Gasteiger partial charge in [-0.05, 0) is 50.8 Å². The number of nitriles is 1. The fourth-order valence-electron chi connectivity index (χ4n) is 3.75. The van der Waals surface area contributed by atoms with Crippen LogP contribution in [0.15, 0.2) is 39.8 Å². The zero-order chi connectivity index (χ0) is 20.6. The van der Waals surface area contributed by atoms with Crippen molar-refractivity contribution < 1.29 is 19.8 Å². The van der Waals surface area contributed by atoms with Gasteiger partial charge in [0, 0.05) is 32.0 Å². The van der Waals surface area contributed by atoms with E-state index in [9.17, 15) is 13.9 Å². The van der Waals surface area contributed by atoms with Crippen LogP contribution in [0.5, 0.6) is 0 Å². The molecule has 0 spiro atoms. The van der Waals surface area contributed by atoms with Gasteiger partial charge in [-0.15, -0.1) is 10.8 Å². The van der Waals surface area contributed by atoms with Gasteiger partial charge in [-0.3, -0.25) is 13.9 Å². The topological polar surface area (TPSA) is 123 Å². The maximum atomic E-state index is 12.5. The lowest BCUT2D eigenvalue weighted by Crippen LogP contribution is -2.49. The molecule has 1 aliphatic heterocycles. The van der Waals surface area contributed by atoms with Crippen LogP contribution >= 0.6 is 10.8 Å². The predicted octanol–water partition coefficient (Wildman–Crippen LogP) is 3.98. The number of piperidine rings is 1. The molecule has 1 amide bonds. The molecule has 2 aliphatic rings. The van der Waals surface area contributed by atoms with E-state index < -0.39 is 10.8 Å². The van der Waals surface area contributed by atoms with Gasteiger partial charge in [0.05, 0.1) is 16.5 Å². The summed E-state index contributed by atoms with van der Waals surface area (Å²) in [5.41, 5.74) is 0.676. The van der Waals surface area contributed by atoms with Crippen molar-refractivity contribution in [1.29, 1.82) is 5.26 Å². The Morgan fingerprint density at radius 2 is 2.17 bits per heavy atom. The molecule has 2 aromatic rings. The minimum absolute atomic E-state index is 0. The number of hydrogen-bond donors (Lipinski definition) is 3. The maximum Gasteiger partial charge on any atom is 0.273 e. The number of rotatable bonds is 5. The van der Waals surface area contributed by atoms with Gasteiger partial charge in [0.15, 0.2) is 5.69 Å². The zero-order valence-corrected chi connectivity index (χ0v) is 16.9. The molecule has 1 aromatic carbocycles. The predicted molar refractivity (Wildman–Crippen MR) is 110 cm³/mol. The molecule has 4 rings (SSSR count). The van der Waals surface area contributed by atoms with E-state index in [1.807, 2.05) is 13.0 Å². The van der Waals surface area contributed by atoms with Crippen molar-refractivity contribution in [3.05, 3.63) is 47.3 Å². The number of aromatic nitrogens is 1. The maximum absolute atomic E-state index is 12.5. The molecule has 29 heavy (non-hydrogen) atoms. The molecule has 9 heteroatoms. The second-order valence-electron chi connectivity index (χ2n) is 7.73. The average Bonchev–Trinajstić information content (AvgIpc) is 3.44. The van der Waals surface area contributed by atoms with Crippen molar-refractivity contribution in [3.63, 3.8) is 0 Å². The number of carbonyl (C=O) groups is 1. The van der Waals surface area contributed by atoms with Crippen LogP contribution in [0.3, 0.4) is 0 Å². The number of nitrogens with zero attached hydrogens (tertiary/aromatic N) is 3. The van der Waals surface area contributed by atoms with Gasteiger partial charge in [0.25, 0.3) is 5.91 Å². The number of benzene rings is 1. The van der Waals surface area contributed by atoms with Crippen LogP contribution in [0.2, 0.25) is 0 Å². The third-order valence-corrected chi connectivity index (χ3v) is 7.58. The van der Waals surface area contributed by atoms with Crippen molar-refractivity contribution in [2.45, 2.75) is 55.5 Å². The summed E-state index contributed by atoms with van der Waals surface area (Å²) in [5.74, 6) is 0.906. The lowest BCUT2D eigenvalue weighted by Gasteiger charge is -2.49. The van der Waals surface area contributed by atoms with Crippen LogP contribution in [-0.4, -0.2) is 43.1 Å². The molecule has 1 aromatic heterocycles. The van der Waals surface area contributed by atoms with Crippen molar-refractivity contribution in [3.8, 4) is 6.07 Å². The van der Waals surface area contributed by atoms with Crippen LogP contribution in [0.25, 0.3) is 0 Å². The van der Waals surface area contributed by atoms with Crippen LogP contribution in [0.4, 0.5) is 0 Å². The number of carbonyl (C=O) groups excluding carboxylic acids is 1. The summed E-state index contributed by atoms with van der Waals surface area (Å²) in [6.07, 6.45) is 3.32. The monoisotopic (exact) mass is 418 g/mol. The Hall–Kier alpha value is -2.38. The highest BCUT2D eigenvalue weighted by atomic mass is 32.3. The first-order chi connectivity index (χ1) is 13.9. The highest BCUT2D eigenvalue weighted by molar-refractivity contribution is 8.22. The molecule has 1 saturated heterocycles. The second-order valence-corrected chi connectivity index (χ2v) is 9.71. The Labute approximate surface area is 172 Å². The number of nitrogens with one attached hydrogen (secondary N) is 1. The van der Waals surface area contributed by atoms with Crippen LogP contribution in [-0.2, 0) is 0 Å². The van der Waals surface area contributed by atoms with Crippen molar-refractivity contribution in [2.75, 3.05) is 6.54 Å². The first-order valence-electron chi connectivity index (χ1n) is 9.71. The van der Waals surface area contributed by atoms with E-state index in [1.54, 1.807) is 28.6 Å². The lowest BCUT2D eigenvalue weighted by atomic mass is 10.0. The third-order valence-electron chi connectivity index (χ3n) is 5.50. The largest absolute Gasteiger partial charge is 0.360 e. The normalized spacial score (nSPS) is 23.4. The molecule has 0 unspecified atom stereocenters. The first-order valence-corrected chi connectivity index (χ1v) is 11.2. The Bertz CT molecular complexity index is 956. The molecular weight excluding hydrogens is 392 g/mol. The first kappa shape index (κ1) is 19.9. The molecule has 3 N–H and O–H groups in total. The van der Waals surface area contributed by atoms with Crippen molar-refractivity contribution in [2.24, 2.45) is 0 Å². The van der Waals surface area contributed by atoms with Gasteiger partial charge < -0.3 is 9.84 Å². The number of hydrogen-bond acceptors (Lipinski definition) is 7. The van der Waals surface area contributed by atoms with Gasteiger partial charge in [0.1, 0.15) is 5.76 Å². The molecule has 156 valence electrons. The van der Waals surface area contributed by atoms with Crippen LogP contribution in [0, 0.1) is 11.3 Å². The summed E-state index contributed by atoms with van der Waals surface area (Å²) in [7, 11) is -3.20. The fourth-order valence-corrected chi connectivity index (χ4v) is 5.51. The van der Waals surface area contributed by atoms with Gasteiger partial charge in [-0.1, -0.05) is 11.2 Å². The Morgan fingerprint density at radius 1 is 1.38 bits per heavy atom. The Morgan fingerprint density at radius 3 is 2.86 bits per heavy atom. The van der Waals surface area contributed by atoms with E-state index in [2.05, 4.69) is 10.5 Å². The van der Waals surface area contributed by atoms with E-state index in [0.717, 1.165) is 18.6 Å². The third kappa shape index (κ3) is 4.16. The zero-order valence-electron chi connectivity index (χ0n) is 16.1. The summed E-state index contributed by atoms with van der Waals surface area (Å²) in [5, 5.41) is 15.9. The molecule has 2 atom stereocenters. The van der Waals surface area contributed by atoms with Gasteiger partial charge in [-0.25, -0.2) is 0 Å². The summed E-state index contributed by atoms with van der Waals surface area (Å²) in [4.78, 5) is 12.8. The Kier molecular flexibility index (Phi) is 5.36. The highest BCUT2D eigenvalue weighted by Crippen LogP contribution is 2.54. The van der Waals surface area contributed by atoms with Gasteiger partial charge in [0.2, 0.25) is 0 Å². The summed E-state index contributed by atoms with van der Waals surface area (Å²) < 4.78 is 28.6. The van der Waals surface area contributed by atoms with E-state index in [4.69, 9.17) is 9.78 Å². The molecule has 2 fully saturated rings. The standard InChI is InChI=1S/C20H24N4O4S.H2/c1-13-9-16(22-20(25)18-11-19(28-23-18)15-5-6-15)7-8-24(13)29(26,27)17-4-2-3-14(10-17)12-21;/h2-4,10-11,13,15-16,26-27H,5-9H2,1H3,(H,22,25);1H/t13-,16-;/m0./s1. The minimum Gasteiger partial charge on any atom is -0.360 e. The van der Waals surface area contributed by atoms with Crippen molar-refractivity contribution in [1.82, 2.24) is 14.8 Å². The number of amides is 1. The van der Waals surface area contributed by atoms with E-state index in [0.29, 0.717) is 41.5 Å². The van der Waals surface area contributed by atoms with E-state index in [-0.39, 0.29) is 19.4 Å². The average molecular weight is 419 g/mol. The van der Waals surface area contributed by atoms with E-state index in [1.165, 1.54) is 6.07 Å². The van der Waals surface area contributed by atoms with Crippen LogP contribution in [0.1, 0.15) is 61.8 Å². The van der Waals surface area contributed by atoms with Gasteiger partial charge >= 0.3 is 0 Å². The summed E-state index contributed by atoms with van der Waals surface area (Å²) in [6, 6.07) is 9.89. The molecule has 1 aliphatic carbocycles. The molecular formula is C20H26N4O4S. The molecule has 0 bridgehead atoms. The Balaban J connectivity index is 0.00000256. The summed E-state index contributed by atoms with van der Waals surface area (Å²) >= 11 is 0. The van der Waals surface area contributed by atoms with E-state index >= 15 is 0 Å². The van der Waals surface area contributed by atoms with Gasteiger partial charge in [-0.2, -0.15) is 9.57 Å².